The van der Waals surface area contributed by atoms with Gasteiger partial charge in [0.2, 0.25) is 0 Å². The first kappa shape index (κ1) is 19.7. The van der Waals surface area contributed by atoms with Crippen LogP contribution >= 0.6 is 11.6 Å². The molecule has 0 spiro atoms. The lowest BCUT2D eigenvalue weighted by molar-refractivity contribution is -0.120. The third-order valence-corrected chi connectivity index (χ3v) is 6.02. The van der Waals surface area contributed by atoms with Crippen molar-refractivity contribution in [2.75, 3.05) is 18.0 Å². The number of imide groups is 1. The molecule has 0 N–H and O–H groups in total. The van der Waals surface area contributed by atoms with E-state index in [1.807, 2.05) is 36.4 Å². The fraction of sp³-hybridized carbons (Fsp3) is 0.333. The van der Waals surface area contributed by atoms with Crippen molar-refractivity contribution >= 4 is 34.7 Å². The van der Waals surface area contributed by atoms with Crippen LogP contribution in [-0.4, -0.2) is 29.8 Å². The number of likely N-dealkylation sites (tertiary alicyclic amines) is 1. The van der Waals surface area contributed by atoms with E-state index in [9.17, 15) is 9.59 Å². The molecule has 4 rings (SSSR count). The Bertz CT molecular complexity index is 963. The number of benzene rings is 2. The van der Waals surface area contributed by atoms with E-state index >= 15 is 0 Å². The third-order valence-electron chi connectivity index (χ3n) is 5.77. The molecule has 0 bridgehead atoms. The van der Waals surface area contributed by atoms with Gasteiger partial charge in [-0.3, -0.25) is 9.59 Å². The second-order valence-corrected chi connectivity index (χ2v) is 8.33. The standard InChI is InChI=1S/C24H25ClN2O2/c1-3-17-6-12-20(13-7-17)27-23(28)21(18-8-10-19(25)11-9-18)22(24(27)29)26-14-4-5-16(2)15-26/h6-13,16H,3-5,14-15H2,1-2H3. The van der Waals surface area contributed by atoms with Crippen molar-refractivity contribution in [2.24, 2.45) is 5.92 Å². The molecule has 2 aliphatic rings. The molecule has 1 unspecified atom stereocenters. The van der Waals surface area contributed by atoms with Crippen LogP contribution in [0.3, 0.4) is 0 Å². The minimum Gasteiger partial charge on any atom is -0.366 e. The van der Waals surface area contributed by atoms with Gasteiger partial charge >= 0.3 is 0 Å². The minimum absolute atomic E-state index is 0.238. The molecule has 1 atom stereocenters. The van der Waals surface area contributed by atoms with Crippen LogP contribution in [0.15, 0.2) is 54.2 Å². The smallest absolute Gasteiger partial charge is 0.282 e. The fourth-order valence-electron chi connectivity index (χ4n) is 4.20. The van der Waals surface area contributed by atoms with Crippen molar-refractivity contribution < 1.29 is 9.59 Å². The van der Waals surface area contributed by atoms with Crippen LogP contribution in [0.4, 0.5) is 5.69 Å². The average Bonchev–Trinajstić information content (AvgIpc) is 2.99. The summed E-state index contributed by atoms with van der Waals surface area (Å²) in [6, 6.07) is 14.8. The maximum absolute atomic E-state index is 13.5. The van der Waals surface area contributed by atoms with Crippen LogP contribution in [0.2, 0.25) is 5.02 Å². The topological polar surface area (TPSA) is 40.6 Å². The number of anilines is 1. The number of piperidine rings is 1. The van der Waals surface area contributed by atoms with E-state index in [4.69, 9.17) is 11.6 Å². The molecule has 1 fully saturated rings. The van der Waals surface area contributed by atoms with Gasteiger partial charge < -0.3 is 4.90 Å². The average molecular weight is 409 g/mol. The molecule has 2 heterocycles. The summed E-state index contributed by atoms with van der Waals surface area (Å²) < 4.78 is 0. The first-order valence-corrected chi connectivity index (χ1v) is 10.6. The summed E-state index contributed by atoms with van der Waals surface area (Å²) in [4.78, 5) is 30.4. The van der Waals surface area contributed by atoms with Gasteiger partial charge in [-0.05, 0) is 60.6 Å². The number of nitrogens with zero attached hydrogens (tertiary/aromatic N) is 2. The van der Waals surface area contributed by atoms with Crippen LogP contribution < -0.4 is 4.90 Å². The predicted molar refractivity (Wildman–Crippen MR) is 117 cm³/mol. The maximum atomic E-state index is 13.5. The fourth-order valence-corrected chi connectivity index (χ4v) is 4.32. The number of carbonyl (C=O) groups is 2. The van der Waals surface area contributed by atoms with E-state index < -0.39 is 0 Å². The van der Waals surface area contributed by atoms with Gasteiger partial charge in [-0.25, -0.2) is 4.90 Å². The summed E-state index contributed by atoms with van der Waals surface area (Å²) in [6.45, 7) is 5.85. The Morgan fingerprint density at radius 1 is 1.00 bits per heavy atom. The number of hydrogen-bond acceptors (Lipinski definition) is 3. The zero-order valence-corrected chi connectivity index (χ0v) is 17.6. The van der Waals surface area contributed by atoms with E-state index in [2.05, 4.69) is 18.7 Å². The molecular formula is C24H25ClN2O2. The van der Waals surface area contributed by atoms with Crippen molar-refractivity contribution in [2.45, 2.75) is 33.1 Å². The van der Waals surface area contributed by atoms with Crippen molar-refractivity contribution in [3.05, 3.63) is 70.4 Å². The third kappa shape index (κ3) is 3.69. The highest BCUT2D eigenvalue weighted by molar-refractivity contribution is 6.45. The molecule has 0 aliphatic carbocycles. The molecule has 0 radical (unpaired) electrons. The summed E-state index contributed by atoms with van der Waals surface area (Å²) in [5.74, 6) is -0.0170. The molecule has 0 saturated carbocycles. The number of carbonyl (C=O) groups excluding carboxylic acids is 2. The zero-order valence-electron chi connectivity index (χ0n) is 16.8. The Labute approximate surface area is 176 Å². The second kappa shape index (κ2) is 8.03. The van der Waals surface area contributed by atoms with Crippen molar-refractivity contribution in [3.8, 4) is 0 Å². The minimum atomic E-state index is -0.269. The Morgan fingerprint density at radius 3 is 2.31 bits per heavy atom. The Hall–Kier alpha value is -2.59. The summed E-state index contributed by atoms with van der Waals surface area (Å²) in [5, 5.41) is 0.603. The molecule has 5 heteroatoms. The summed E-state index contributed by atoms with van der Waals surface area (Å²) in [5.41, 5.74) is 3.50. The normalized spacial score (nSPS) is 20.0. The van der Waals surface area contributed by atoms with E-state index in [-0.39, 0.29) is 11.8 Å². The van der Waals surface area contributed by atoms with Gasteiger partial charge in [0.1, 0.15) is 5.70 Å². The van der Waals surface area contributed by atoms with Crippen molar-refractivity contribution in [1.82, 2.24) is 4.90 Å². The van der Waals surface area contributed by atoms with E-state index in [0.29, 0.717) is 27.9 Å². The van der Waals surface area contributed by atoms with Crippen LogP contribution in [0.1, 0.15) is 37.8 Å². The number of aryl methyl sites for hydroxylation is 1. The molecule has 2 aromatic rings. The second-order valence-electron chi connectivity index (χ2n) is 7.89. The molecule has 2 aromatic carbocycles. The number of amides is 2. The summed E-state index contributed by atoms with van der Waals surface area (Å²) in [7, 11) is 0. The maximum Gasteiger partial charge on any atom is 0.282 e. The highest BCUT2D eigenvalue weighted by Crippen LogP contribution is 2.36. The van der Waals surface area contributed by atoms with Gasteiger partial charge in [-0.1, -0.05) is 49.7 Å². The van der Waals surface area contributed by atoms with E-state index in [1.54, 1.807) is 12.1 Å². The highest BCUT2D eigenvalue weighted by atomic mass is 35.5. The predicted octanol–water partition coefficient (Wildman–Crippen LogP) is 4.92. The summed E-state index contributed by atoms with van der Waals surface area (Å²) >= 11 is 6.05. The largest absolute Gasteiger partial charge is 0.366 e. The van der Waals surface area contributed by atoms with Crippen molar-refractivity contribution in [1.29, 1.82) is 0 Å². The van der Waals surface area contributed by atoms with Gasteiger partial charge in [-0.15, -0.1) is 0 Å². The van der Waals surface area contributed by atoms with Gasteiger partial charge in [0.05, 0.1) is 11.3 Å². The van der Waals surface area contributed by atoms with Crippen LogP contribution in [0.25, 0.3) is 5.57 Å². The lowest BCUT2D eigenvalue weighted by atomic mass is 9.98. The Kier molecular flexibility index (Phi) is 5.46. The highest BCUT2D eigenvalue weighted by Gasteiger charge is 2.43. The number of rotatable bonds is 4. The molecule has 0 aromatic heterocycles. The van der Waals surface area contributed by atoms with Crippen LogP contribution in [0.5, 0.6) is 0 Å². The molecular weight excluding hydrogens is 384 g/mol. The Balaban J connectivity index is 1.79. The van der Waals surface area contributed by atoms with Gasteiger partial charge in [0.25, 0.3) is 11.8 Å². The van der Waals surface area contributed by atoms with Gasteiger partial charge in [0.15, 0.2) is 0 Å². The van der Waals surface area contributed by atoms with Crippen molar-refractivity contribution in [3.63, 3.8) is 0 Å². The quantitative estimate of drug-likeness (QED) is 0.674. The lowest BCUT2D eigenvalue weighted by Crippen LogP contribution is -2.39. The van der Waals surface area contributed by atoms with Crippen LogP contribution in [-0.2, 0) is 16.0 Å². The molecule has 2 aliphatic heterocycles. The molecule has 150 valence electrons. The van der Waals surface area contributed by atoms with Gasteiger partial charge in [-0.2, -0.15) is 0 Å². The Morgan fingerprint density at radius 2 is 1.69 bits per heavy atom. The molecule has 1 saturated heterocycles. The monoisotopic (exact) mass is 408 g/mol. The molecule has 29 heavy (non-hydrogen) atoms. The molecule has 4 nitrogen and oxygen atoms in total. The number of halogens is 1. The molecule has 2 amide bonds. The number of hydrogen-bond donors (Lipinski definition) is 0. The van der Waals surface area contributed by atoms with E-state index in [0.717, 1.165) is 37.9 Å². The zero-order chi connectivity index (χ0) is 20.5. The SMILES string of the molecule is CCc1ccc(N2C(=O)C(c3ccc(Cl)cc3)=C(N3CCCC(C)C3)C2=O)cc1. The first-order chi connectivity index (χ1) is 14.0. The van der Waals surface area contributed by atoms with Crippen LogP contribution in [0, 0.1) is 5.92 Å². The summed E-state index contributed by atoms with van der Waals surface area (Å²) in [6.07, 6.45) is 3.07. The first-order valence-electron chi connectivity index (χ1n) is 10.2. The van der Waals surface area contributed by atoms with Gasteiger partial charge in [0, 0.05) is 18.1 Å². The van der Waals surface area contributed by atoms with E-state index in [1.165, 1.54) is 10.5 Å². The lowest BCUT2D eigenvalue weighted by Gasteiger charge is -2.33.